The summed E-state index contributed by atoms with van der Waals surface area (Å²) in [6.45, 7) is 7.41. The number of allylic oxidation sites excluding steroid dienone is 1. The van der Waals surface area contributed by atoms with Gasteiger partial charge in [-0.3, -0.25) is 10.1 Å². The lowest BCUT2D eigenvalue weighted by Gasteiger charge is -2.02. The van der Waals surface area contributed by atoms with Crippen LogP contribution in [-0.4, -0.2) is 9.91 Å². The van der Waals surface area contributed by atoms with Crippen LogP contribution in [0, 0.1) is 10.1 Å². The third-order valence-corrected chi connectivity index (χ3v) is 1.92. The summed E-state index contributed by atoms with van der Waals surface area (Å²) in [5, 5.41) is 10.6. The van der Waals surface area contributed by atoms with Crippen LogP contribution in [0.5, 0.6) is 0 Å². The first-order valence-corrected chi connectivity index (χ1v) is 4.36. The predicted octanol–water partition coefficient (Wildman–Crippen LogP) is 2.59. The molecule has 1 aromatic heterocycles. The molecule has 0 atom stereocenters. The Morgan fingerprint density at radius 1 is 1.64 bits per heavy atom. The van der Waals surface area contributed by atoms with E-state index in [2.05, 4.69) is 11.6 Å². The molecule has 74 valence electrons. The van der Waals surface area contributed by atoms with Crippen molar-refractivity contribution in [3.63, 3.8) is 0 Å². The highest BCUT2D eigenvalue weighted by atomic mass is 16.6. The van der Waals surface area contributed by atoms with Crippen molar-refractivity contribution in [2.75, 3.05) is 0 Å². The lowest BCUT2D eigenvalue weighted by molar-refractivity contribution is -0.385. The minimum atomic E-state index is -0.409. The fraction of sp³-hybridized carbons (Fsp3) is 0.300. The van der Waals surface area contributed by atoms with E-state index in [4.69, 9.17) is 0 Å². The van der Waals surface area contributed by atoms with Crippen LogP contribution in [0.4, 0.5) is 5.69 Å². The monoisotopic (exact) mass is 192 g/mol. The maximum absolute atomic E-state index is 10.6. The first kappa shape index (κ1) is 10.4. The Labute approximate surface area is 82.4 Å². The Morgan fingerprint density at radius 2 is 2.29 bits per heavy atom. The topological polar surface area (TPSA) is 56.0 Å². The molecule has 0 fully saturated rings. The Kier molecular flexibility index (Phi) is 2.96. The Bertz CT molecular complexity index is 386. The highest BCUT2D eigenvalue weighted by Crippen LogP contribution is 2.19. The first-order valence-electron chi connectivity index (χ1n) is 4.36. The van der Waals surface area contributed by atoms with Crippen molar-refractivity contribution in [2.45, 2.75) is 20.3 Å². The molecular formula is C10H12N2O2. The van der Waals surface area contributed by atoms with Crippen LogP contribution in [0.15, 0.2) is 18.7 Å². The second kappa shape index (κ2) is 4.00. The zero-order chi connectivity index (χ0) is 10.7. The van der Waals surface area contributed by atoms with Crippen molar-refractivity contribution in [3.05, 3.63) is 40.2 Å². The Morgan fingerprint density at radius 3 is 2.71 bits per heavy atom. The standard InChI is InChI=1S/C10H12N2O2/c1-4-8-10(12(13)14)6-5-9(11-8)7(2)3/h5-6H,2,4H2,1,3H3. The van der Waals surface area contributed by atoms with Crippen molar-refractivity contribution < 1.29 is 4.92 Å². The van der Waals surface area contributed by atoms with Crippen LogP contribution >= 0.6 is 0 Å². The van der Waals surface area contributed by atoms with Gasteiger partial charge in [-0.25, -0.2) is 4.98 Å². The van der Waals surface area contributed by atoms with Crippen LogP contribution in [0.1, 0.15) is 25.2 Å². The highest BCUT2D eigenvalue weighted by Gasteiger charge is 2.13. The molecule has 0 aliphatic carbocycles. The fourth-order valence-electron chi connectivity index (χ4n) is 1.16. The molecule has 0 saturated carbocycles. The molecule has 1 heterocycles. The lowest BCUT2D eigenvalue weighted by Crippen LogP contribution is -1.99. The van der Waals surface area contributed by atoms with E-state index < -0.39 is 4.92 Å². The van der Waals surface area contributed by atoms with Gasteiger partial charge in [-0.1, -0.05) is 13.5 Å². The quantitative estimate of drug-likeness (QED) is 0.546. The van der Waals surface area contributed by atoms with Crippen molar-refractivity contribution in [1.29, 1.82) is 0 Å². The van der Waals surface area contributed by atoms with Crippen LogP contribution in [0.3, 0.4) is 0 Å². The van der Waals surface area contributed by atoms with Crippen LogP contribution in [0.25, 0.3) is 5.57 Å². The molecule has 1 rings (SSSR count). The Balaban J connectivity index is 3.25. The smallest absolute Gasteiger partial charge is 0.258 e. The SMILES string of the molecule is C=C(C)c1ccc([N+](=O)[O-])c(CC)n1. The van der Waals surface area contributed by atoms with Gasteiger partial charge in [0.2, 0.25) is 0 Å². The van der Waals surface area contributed by atoms with Gasteiger partial charge < -0.3 is 0 Å². The molecule has 0 aliphatic rings. The summed E-state index contributed by atoms with van der Waals surface area (Å²) in [5.74, 6) is 0. The zero-order valence-electron chi connectivity index (χ0n) is 8.28. The highest BCUT2D eigenvalue weighted by molar-refractivity contribution is 5.59. The van der Waals surface area contributed by atoms with Crippen molar-refractivity contribution in [3.8, 4) is 0 Å². The van der Waals surface area contributed by atoms with E-state index >= 15 is 0 Å². The number of aromatic nitrogens is 1. The minimum Gasteiger partial charge on any atom is -0.258 e. The number of pyridine rings is 1. The summed E-state index contributed by atoms with van der Waals surface area (Å²) in [6.07, 6.45) is 0.553. The molecule has 14 heavy (non-hydrogen) atoms. The van der Waals surface area contributed by atoms with Gasteiger partial charge in [-0.2, -0.15) is 0 Å². The number of hydrogen-bond acceptors (Lipinski definition) is 3. The summed E-state index contributed by atoms with van der Waals surface area (Å²) in [6, 6.07) is 3.11. The number of nitro groups is 1. The zero-order valence-corrected chi connectivity index (χ0v) is 8.28. The predicted molar refractivity (Wildman–Crippen MR) is 55.0 cm³/mol. The molecule has 0 aromatic carbocycles. The summed E-state index contributed by atoms with van der Waals surface area (Å²) >= 11 is 0. The summed E-state index contributed by atoms with van der Waals surface area (Å²) in [4.78, 5) is 14.4. The second-order valence-corrected chi connectivity index (χ2v) is 3.05. The molecule has 0 amide bonds. The molecule has 0 bridgehead atoms. The lowest BCUT2D eigenvalue weighted by atomic mass is 10.1. The van der Waals surface area contributed by atoms with Gasteiger partial charge in [-0.15, -0.1) is 0 Å². The van der Waals surface area contributed by atoms with Gasteiger partial charge in [0.05, 0.1) is 10.6 Å². The average molecular weight is 192 g/mol. The van der Waals surface area contributed by atoms with Crippen LogP contribution in [-0.2, 0) is 6.42 Å². The average Bonchev–Trinajstić information content (AvgIpc) is 2.16. The van der Waals surface area contributed by atoms with Gasteiger partial charge in [0, 0.05) is 6.07 Å². The third kappa shape index (κ3) is 1.96. The molecule has 0 spiro atoms. The summed E-state index contributed by atoms with van der Waals surface area (Å²) in [7, 11) is 0. The van der Waals surface area contributed by atoms with E-state index in [1.807, 2.05) is 13.8 Å². The normalized spacial score (nSPS) is 9.86. The summed E-state index contributed by atoms with van der Waals surface area (Å²) < 4.78 is 0. The molecule has 0 unspecified atom stereocenters. The van der Waals surface area contributed by atoms with E-state index in [1.165, 1.54) is 6.07 Å². The maximum Gasteiger partial charge on any atom is 0.290 e. The van der Waals surface area contributed by atoms with Gasteiger partial charge >= 0.3 is 0 Å². The molecule has 1 aromatic rings. The van der Waals surface area contributed by atoms with Crippen LogP contribution < -0.4 is 0 Å². The van der Waals surface area contributed by atoms with Crippen molar-refractivity contribution in [1.82, 2.24) is 4.98 Å². The first-order chi connectivity index (χ1) is 6.56. The maximum atomic E-state index is 10.6. The van der Waals surface area contributed by atoms with Crippen molar-refractivity contribution in [2.24, 2.45) is 0 Å². The Hall–Kier alpha value is -1.71. The second-order valence-electron chi connectivity index (χ2n) is 3.05. The minimum absolute atomic E-state index is 0.0810. The fourth-order valence-corrected chi connectivity index (χ4v) is 1.16. The van der Waals surface area contributed by atoms with Gasteiger partial charge in [0.1, 0.15) is 5.69 Å². The molecule has 0 N–H and O–H groups in total. The number of aryl methyl sites for hydroxylation is 1. The van der Waals surface area contributed by atoms with Crippen LogP contribution in [0.2, 0.25) is 0 Å². The van der Waals surface area contributed by atoms with Gasteiger partial charge in [0.25, 0.3) is 5.69 Å². The van der Waals surface area contributed by atoms with Gasteiger partial charge in [-0.05, 0) is 25.0 Å². The molecule has 0 radical (unpaired) electrons. The largest absolute Gasteiger partial charge is 0.290 e. The number of nitrogens with zero attached hydrogens (tertiary/aromatic N) is 2. The number of hydrogen-bond donors (Lipinski definition) is 0. The van der Waals surface area contributed by atoms with Gasteiger partial charge in [0.15, 0.2) is 0 Å². The van der Waals surface area contributed by atoms with E-state index in [0.29, 0.717) is 17.8 Å². The van der Waals surface area contributed by atoms with E-state index in [0.717, 1.165) is 5.57 Å². The number of rotatable bonds is 3. The molecule has 0 saturated heterocycles. The molecule has 4 nitrogen and oxygen atoms in total. The molecule has 4 heteroatoms. The van der Waals surface area contributed by atoms with E-state index in [-0.39, 0.29) is 5.69 Å². The molecule has 0 aliphatic heterocycles. The van der Waals surface area contributed by atoms with Crippen molar-refractivity contribution >= 4 is 11.3 Å². The molecular weight excluding hydrogens is 180 g/mol. The van der Waals surface area contributed by atoms with E-state index in [1.54, 1.807) is 6.07 Å². The third-order valence-electron chi connectivity index (χ3n) is 1.92. The van der Waals surface area contributed by atoms with E-state index in [9.17, 15) is 10.1 Å². The summed E-state index contributed by atoms with van der Waals surface area (Å²) in [5.41, 5.74) is 2.12.